The number of rotatable bonds is 5. The summed E-state index contributed by atoms with van der Waals surface area (Å²) in [5.41, 5.74) is 5.90. The third-order valence-corrected chi connectivity index (χ3v) is 3.74. The Morgan fingerprint density at radius 1 is 1.37 bits per heavy atom. The van der Waals surface area contributed by atoms with E-state index in [-0.39, 0.29) is 0 Å². The van der Waals surface area contributed by atoms with Gasteiger partial charge in [0.2, 0.25) is 0 Å². The maximum absolute atomic E-state index is 5.90. The zero-order valence-corrected chi connectivity index (χ0v) is 12.1. The van der Waals surface area contributed by atoms with E-state index in [9.17, 15) is 0 Å². The first-order valence-corrected chi connectivity index (χ1v) is 7.15. The van der Waals surface area contributed by atoms with Gasteiger partial charge < -0.3 is 15.4 Å². The summed E-state index contributed by atoms with van der Waals surface area (Å²) in [6.07, 6.45) is 3.57. The molecule has 0 amide bonds. The Balaban J connectivity index is 2.25. The van der Waals surface area contributed by atoms with Crippen molar-refractivity contribution in [3.8, 4) is 0 Å². The fourth-order valence-corrected chi connectivity index (χ4v) is 2.78. The van der Waals surface area contributed by atoms with Crippen LogP contribution in [0.5, 0.6) is 0 Å². The predicted molar refractivity (Wildman–Crippen MR) is 77.0 cm³/mol. The van der Waals surface area contributed by atoms with Crippen LogP contribution in [-0.4, -0.2) is 28.7 Å². The Bertz CT molecular complexity index is 424. The van der Waals surface area contributed by atoms with Crippen molar-refractivity contribution in [3.63, 3.8) is 0 Å². The highest BCUT2D eigenvalue weighted by Gasteiger charge is 2.30. The molecule has 2 rings (SSSR count). The van der Waals surface area contributed by atoms with E-state index in [2.05, 4.69) is 28.7 Å². The quantitative estimate of drug-likeness (QED) is 0.884. The van der Waals surface area contributed by atoms with Crippen molar-refractivity contribution in [2.24, 2.45) is 0 Å². The van der Waals surface area contributed by atoms with Crippen molar-refractivity contribution >= 4 is 11.6 Å². The lowest BCUT2D eigenvalue weighted by atomic mass is 10.1. The molecule has 2 unspecified atom stereocenters. The molecule has 5 nitrogen and oxygen atoms in total. The second-order valence-electron chi connectivity index (χ2n) is 5.10. The van der Waals surface area contributed by atoms with Gasteiger partial charge >= 0.3 is 0 Å². The molecular weight excluding hydrogens is 240 g/mol. The van der Waals surface area contributed by atoms with Crippen LogP contribution in [0.15, 0.2) is 6.07 Å². The average molecular weight is 264 g/mol. The molecule has 0 spiro atoms. The molecule has 0 radical (unpaired) electrons. The lowest BCUT2D eigenvalue weighted by Gasteiger charge is -2.29. The number of hydrogen-bond donors (Lipinski definition) is 1. The molecule has 2 atom stereocenters. The third-order valence-electron chi connectivity index (χ3n) is 3.74. The summed E-state index contributed by atoms with van der Waals surface area (Å²) in [6.45, 7) is 7.51. The Morgan fingerprint density at radius 3 is 2.84 bits per heavy atom. The van der Waals surface area contributed by atoms with Crippen molar-refractivity contribution in [2.75, 3.05) is 17.2 Å². The second kappa shape index (κ2) is 6.19. The molecule has 1 aliphatic rings. The van der Waals surface area contributed by atoms with Crippen LogP contribution >= 0.6 is 0 Å². The Labute approximate surface area is 115 Å². The maximum atomic E-state index is 5.90. The van der Waals surface area contributed by atoms with Gasteiger partial charge in [0.25, 0.3) is 0 Å². The lowest BCUT2D eigenvalue weighted by molar-refractivity contribution is 0.128. The minimum absolute atomic E-state index is 0.424. The van der Waals surface area contributed by atoms with Gasteiger partial charge in [0.1, 0.15) is 18.2 Å². The number of aromatic nitrogens is 2. The largest absolute Gasteiger partial charge is 0.384 e. The predicted octanol–water partition coefficient (Wildman–Crippen LogP) is 2.36. The molecule has 2 N–H and O–H groups in total. The standard InChI is InChI=1S/C14H24N4O/c1-4-11-7-6-10(3)18(11)14-8-12(15)16-13(17-14)9-19-5-2/h8,10-11H,4-7,9H2,1-3H3,(H2,15,16,17). The fraction of sp³-hybridized carbons (Fsp3) is 0.714. The molecule has 0 bridgehead atoms. The van der Waals surface area contributed by atoms with E-state index in [4.69, 9.17) is 10.5 Å². The van der Waals surface area contributed by atoms with Gasteiger partial charge in [0.15, 0.2) is 5.82 Å². The van der Waals surface area contributed by atoms with Gasteiger partial charge in [0, 0.05) is 24.8 Å². The van der Waals surface area contributed by atoms with Crippen molar-refractivity contribution < 1.29 is 4.74 Å². The van der Waals surface area contributed by atoms with Gasteiger partial charge in [-0.2, -0.15) is 0 Å². The van der Waals surface area contributed by atoms with E-state index in [1.165, 1.54) is 12.8 Å². The summed E-state index contributed by atoms with van der Waals surface area (Å²) in [7, 11) is 0. The molecule has 2 heterocycles. The van der Waals surface area contributed by atoms with Crippen LogP contribution in [0.2, 0.25) is 0 Å². The molecule has 1 aromatic heterocycles. The van der Waals surface area contributed by atoms with Crippen LogP contribution in [0.25, 0.3) is 0 Å². The highest BCUT2D eigenvalue weighted by Crippen LogP contribution is 2.31. The molecule has 1 aliphatic heterocycles. The van der Waals surface area contributed by atoms with Crippen LogP contribution in [0, 0.1) is 0 Å². The minimum atomic E-state index is 0.424. The van der Waals surface area contributed by atoms with Gasteiger partial charge in [-0.25, -0.2) is 9.97 Å². The zero-order chi connectivity index (χ0) is 13.8. The van der Waals surface area contributed by atoms with Gasteiger partial charge in [-0.3, -0.25) is 0 Å². The van der Waals surface area contributed by atoms with E-state index >= 15 is 0 Å². The zero-order valence-electron chi connectivity index (χ0n) is 12.1. The maximum Gasteiger partial charge on any atom is 0.158 e. The van der Waals surface area contributed by atoms with Crippen LogP contribution < -0.4 is 10.6 Å². The Morgan fingerprint density at radius 2 is 2.16 bits per heavy atom. The third kappa shape index (κ3) is 3.15. The number of ether oxygens (including phenoxy) is 1. The summed E-state index contributed by atoms with van der Waals surface area (Å²) >= 11 is 0. The first-order valence-electron chi connectivity index (χ1n) is 7.15. The molecule has 106 valence electrons. The minimum Gasteiger partial charge on any atom is -0.384 e. The van der Waals surface area contributed by atoms with Crippen LogP contribution in [0.3, 0.4) is 0 Å². The average Bonchev–Trinajstić information content (AvgIpc) is 2.77. The molecule has 19 heavy (non-hydrogen) atoms. The van der Waals surface area contributed by atoms with Gasteiger partial charge in [-0.15, -0.1) is 0 Å². The molecule has 1 aromatic rings. The highest BCUT2D eigenvalue weighted by molar-refractivity contribution is 5.49. The first kappa shape index (κ1) is 14.1. The second-order valence-corrected chi connectivity index (χ2v) is 5.10. The molecule has 0 aliphatic carbocycles. The number of nitrogen functional groups attached to an aromatic ring is 1. The summed E-state index contributed by atoms with van der Waals surface area (Å²) in [5, 5.41) is 0. The topological polar surface area (TPSA) is 64.3 Å². The highest BCUT2D eigenvalue weighted by atomic mass is 16.5. The SMILES string of the molecule is CCOCc1nc(N)cc(N2C(C)CCC2CC)n1. The fourth-order valence-electron chi connectivity index (χ4n) is 2.78. The summed E-state index contributed by atoms with van der Waals surface area (Å²) < 4.78 is 5.37. The molecule has 1 saturated heterocycles. The van der Waals surface area contributed by atoms with Crippen LogP contribution in [0.1, 0.15) is 45.9 Å². The monoisotopic (exact) mass is 264 g/mol. The summed E-state index contributed by atoms with van der Waals surface area (Å²) in [4.78, 5) is 11.2. The van der Waals surface area contributed by atoms with Crippen molar-refractivity contribution in [1.29, 1.82) is 0 Å². The summed E-state index contributed by atoms with van der Waals surface area (Å²) in [6, 6.07) is 2.95. The number of nitrogens with two attached hydrogens (primary N) is 1. The lowest BCUT2D eigenvalue weighted by Crippen LogP contribution is -2.35. The smallest absolute Gasteiger partial charge is 0.158 e. The van der Waals surface area contributed by atoms with Gasteiger partial charge in [-0.1, -0.05) is 6.92 Å². The van der Waals surface area contributed by atoms with Gasteiger partial charge in [-0.05, 0) is 33.1 Å². The first-order chi connectivity index (χ1) is 9.15. The number of anilines is 2. The van der Waals surface area contributed by atoms with Crippen LogP contribution in [-0.2, 0) is 11.3 Å². The molecular formula is C14H24N4O. The van der Waals surface area contributed by atoms with Crippen molar-refractivity contribution in [1.82, 2.24) is 9.97 Å². The van der Waals surface area contributed by atoms with E-state index in [0.717, 1.165) is 12.2 Å². The van der Waals surface area contributed by atoms with E-state index in [1.807, 2.05) is 13.0 Å². The van der Waals surface area contributed by atoms with E-state index < -0.39 is 0 Å². The van der Waals surface area contributed by atoms with E-state index in [1.54, 1.807) is 0 Å². The van der Waals surface area contributed by atoms with Crippen molar-refractivity contribution in [3.05, 3.63) is 11.9 Å². The Kier molecular flexibility index (Phi) is 4.58. The van der Waals surface area contributed by atoms with Gasteiger partial charge in [0.05, 0.1) is 0 Å². The van der Waals surface area contributed by atoms with Crippen LogP contribution in [0.4, 0.5) is 11.6 Å². The van der Waals surface area contributed by atoms with Crippen molar-refractivity contribution in [2.45, 2.75) is 58.7 Å². The molecule has 5 heteroatoms. The van der Waals surface area contributed by atoms with E-state index in [0.29, 0.717) is 36.9 Å². The molecule has 1 fully saturated rings. The normalized spacial score (nSPS) is 23.0. The summed E-state index contributed by atoms with van der Waals surface area (Å²) in [5.74, 6) is 2.14. The Hall–Kier alpha value is -1.36. The number of nitrogens with zero attached hydrogens (tertiary/aromatic N) is 3. The molecule has 0 aromatic carbocycles. The molecule has 0 saturated carbocycles. The number of hydrogen-bond acceptors (Lipinski definition) is 5.